The first-order valence-electron chi connectivity index (χ1n) is 6.63. The predicted octanol–water partition coefficient (Wildman–Crippen LogP) is -0.0642. The number of fused-ring (bicyclic) bond motifs is 2. The first kappa shape index (κ1) is 12.6. The zero-order chi connectivity index (χ0) is 13.4. The van der Waals surface area contributed by atoms with Crippen LogP contribution in [0.25, 0.3) is 0 Å². The van der Waals surface area contributed by atoms with Crippen molar-refractivity contribution in [1.29, 1.82) is 0 Å². The highest BCUT2D eigenvalue weighted by Gasteiger charge is 2.53. The Labute approximate surface area is 110 Å². The fourth-order valence-corrected chi connectivity index (χ4v) is 3.05. The maximum absolute atomic E-state index is 12.2. The van der Waals surface area contributed by atoms with Crippen molar-refractivity contribution in [3.8, 4) is 0 Å². The van der Waals surface area contributed by atoms with Gasteiger partial charge in [0.2, 0.25) is 5.91 Å². The highest BCUT2D eigenvalue weighted by atomic mass is 16.5. The van der Waals surface area contributed by atoms with Gasteiger partial charge in [0.1, 0.15) is 5.92 Å². The van der Waals surface area contributed by atoms with Gasteiger partial charge >= 0.3 is 5.97 Å². The molecule has 0 aromatic heterocycles. The van der Waals surface area contributed by atoms with E-state index in [0.717, 1.165) is 19.4 Å². The molecule has 1 amide bonds. The van der Waals surface area contributed by atoms with Crippen LogP contribution in [0.2, 0.25) is 0 Å². The number of carbonyl (C=O) groups excluding carboxylic acids is 1. The van der Waals surface area contributed by atoms with E-state index in [-0.39, 0.29) is 12.0 Å². The minimum absolute atomic E-state index is 0.0577. The van der Waals surface area contributed by atoms with Gasteiger partial charge < -0.3 is 19.9 Å². The van der Waals surface area contributed by atoms with Gasteiger partial charge in [-0.2, -0.15) is 0 Å². The monoisotopic (exact) mass is 267 g/mol. The Hall–Kier alpha value is -1.40. The van der Waals surface area contributed by atoms with Gasteiger partial charge in [-0.05, 0) is 12.8 Å². The molecule has 2 bridgehead atoms. The fraction of sp³-hybridized carbons (Fsp3) is 0.692. The molecule has 2 fully saturated rings. The normalized spacial score (nSPS) is 39.7. The number of carbonyl (C=O) groups is 2. The van der Waals surface area contributed by atoms with Crippen molar-refractivity contribution >= 4 is 11.9 Å². The maximum Gasteiger partial charge on any atom is 0.310 e. The van der Waals surface area contributed by atoms with E-state index >= 15 is 0 Å². The number of aliphatic carboxylic acids is 1. The molecule has 3 heterocycles. The molecule has 6 heteroatoms. The lowest BCUT2D eigenvalue weighted by Crippen LogP contribution is -2.44. The van der Waals surface area contributed by atoms with Crippen LogP contribution in [0.5, 0.6) is 0 Å². The van der Waals surface area contributed by atoms with E-state index in [4.69, 9.17) is 9.47 Å². The molecule has 3 rings (SSSR count). The quantitative estimate of drug-likeness (QED) is 0.697. The van der Waals surface area contributed by atoms with Crippen LogP contribution < -0.4 is 5.32 Å². The van der Waals surface area contributed by atoms with Gasteiger partial charge in [-0.1, -0.05) is 12.2 Å². The highest BCUT2D eigenvalue weighted by Crippen LogP contribution is 2.39. The third-order valence-corrected chi connectivity index (χ3v) is 4.02. The molecule has 3 aliphatic rings. The van der Waals surface area contributed by atoms with E-state index < -0.39 is 30.0 Å². The third-order valence-electron chi connectivity index (χ3n) is 4.02. The van der Waals surface area contributed by atoms with E-state index in [9.17, 15) is 14.7 Å². The second kappa shape index (κ2) is 4.94. The number of rotatable bonds is 4. The Morgan fingerprint density at radius 1 is 1.26 bits per heavy atom. The van der Waals surface area contributed by atoms with Crippen molar-refractivity contribution < 1.29 is 24.2 Å². The zero-order valence-electron chi connectivity index (χ0n) is 10.5. The van der Waals surface area contributed by atoms with Crippen molar-refractivity contribution in [3.63, 3.8) is 0 Å². The summed E-state index contributed by atoms with van der Waals surface area (Å²) in [5.41, 5.74) is 0. The predicted molar refractivity (Wildman–Crippen MR) is 64.4 cm³/mol. The van der Waals surface area contributed by atoms with Crippen LogP contribution in [0, 0.1) is 11.8 Å². The zero-order valence-corrected chi connectivity index (χ0v) is 10.5. The Morgan fingerprint density at radius 3 is 2.63 bits per heavy atom. The van der Waals surface area contributed by atoms with E-state index in [0.29, 0.717) is 6.54 Å². The van der Waals surface area contributed by atoms with Crippen LogP contribution in [0.4, 0.5) is 0 Å². The molecule has 0 unspecified atom stereocenters. The van der Waals surface area contributed by atoms with Crippen molar-refractivity contribution in [2.24, 2.45) is 11.8 Å². The van der Waals surface area contributed by atoms with Crippen LogP contribution in [-0.2, 0) is 19.1 Å². The summed E-state index contributed by atoms with van der Waals surface area (Å²) < 4.78 is 10.9. The molecule has 2 N–H and O–H groups in total. The Bertz CT molecular complexity index is 415. The second-order valence-corrected chi connectivity index (χ2v) is 5.22. The van der Waals surface area contributed by atoms with Crippen LogP contribution in [0.3, 0.4) is 0 Å². The van der Waals surface area contributed by atoms with Gasteiger partial charge in [0.25, 0.3) is 0 Å². The summed E-state index contributed by atoms with van der Waals surface area (Å²) in [6.07, 6.45) is 4.64. The molecule has 0 aliphatic carbocycles. The number of amides is 1. The standard InChI is InChI=1S/C13H17NO5/c15-12(14-6-7-2-1-5-18-7)10-8-3-4-9(19-8)11(10)13(16)17/h3-4,7-11H,1-2,5-6H2,(H,14,15)(H,16,17)/t7-,8+,9-,10-,11-/m0/s1. The summed E-state index contributed by atoms with van der Waals surface area (Å²) in [6.45, 7) is 1.18. The van der Waals surface area contributed by atoms with Crippen LogP contribution in [0.1, 0.15) is 12.8 Å². The summed E-state index contributed by atoms with van der Waals surface area (Å²) in [4.78, 5) is 23.4. The molecule has 0 spiro atoms. The minimum Gasteiger partial charge on any atom is -0.481 e. The minimum atomic E-state index is -0.978. The SMILES string of the molecule is O=C(O)[C@@H]1[C@@H](C(=O)NC[C@@H]2CCCO2)[C@H]2C=C[C@@H]1O2. The molecule has 3 aliphatic heterocycles. The summed E-state index contributed by atoms with van der Waals surface area (Å²) in [6, 6.07) is 0. The van der Waals surface area contributed by atoms with E-state index in [1.54, 1.807) is 12.2 Å². The molecule has 0 saturated carbocycles. The summed E-state index contributed by atoms with van der Waals surface area (Å²) in [5, 5.41) is 12.0. The van der Waals surface area contributed by atoms with Crippen molar-refractivity contribution in [1.82, 2.24) is 5.32 Å². The fourth-order valence-electron chi connectivity index (χ4n) is 3.05. The lowest BCUT2D eigenvalue weighted by Gasteiger charge is -2.21. The molecule has 0 aromatic rings. The van der Waals surface area contributed by atoms with E-state index in [1.165, 1.54) is 0 Å². The smallest absolute Gasteiger partial charge is 0.310 e. The van der Waals surface area contributed by atoms with Gasteiger partial charge in [0.05, 0.1) is 24.2 Å². The van der Waals surface area contributed by atoms with Crippen molar-refractivity contribution in [2.75, 3.05) is 13.2 Å². The average molecular weight is 267 g/mol. The Morgan fingerprint density at radius 2 is 2.00 bits per heavy atom. The molecule has 0 radical (unpaired) electrons. The number of nitrogens with one attached hydrogen (secondary N) is 1. The largest absolute Gasteiger partial charge is 0.481 e. The molecule has 104 valence electrons. The molecular formula is C13H17NO5. The number of carboxylic acid groups (broad SMARTS) is 1. The molecular weight excluding hydrogens is 250 g/mol. The molecule has 0 aromatic carbocycles. The van der Waals surface area contributed by atoms with Crippen molar-refractivity contribution in [3.05, 3.63) is 12.2 Å². The van der Waals surface area contributed by atoms with Gasteiger partial charge in [-0.25, -0.2) is 0 Å². The third kappa shape index (κ3) is 2.26. The number of hydrogen-bond acceptors (Lipinski definition) is 4. The molecule has 2 saturated heterocycles. The lowest BCUT2D eigenvalue weighted by molar-refractivity contribution is -0.146. The van der Waals surface area contributed by atoms with Gasteiger partial charge in [-0.15, -0.1) is 0 Å². The van der Waals surface area contributed by atoms with Crippen LogP contribution in [0.15, 0.2) is 12.2 Å². The maximum atomic E-state index is 12.2. The molecule has 5 atom stereocenters. The second-order valence-electron chi connectivity index (χ2n) is 5.22. The first-order valence-corrected chi connectivity index (χ1v) is 6.63. The number of hydrogen-bond donors (Lipinski definition) is 2. The summed E-state index contributed by atoms with van der Waals surface area (Å²) in [7, 11) is 0. The van der Waals surface area contributed by atoms with Gasteiger partial charge in [0.15, 0.2) is 0 Å². The highest BCUT2D eigenvalue weighted by molar-refractivity contribution is 5.87. The van der Waals surface area contributed by atoms with Crippen LogP contribution in [-0.4, -0.2) is 48.4 Å². The molecule has 19 heavy (non-hydrogen) atoms. The van der Waals surface area contributed by atoms with Crippen molar-refractivity contribution in [2.45, 2.75) is 31.2 Å². The Kier molecular flexibility index (Phi) is 3.28. The topological polar surface area (TPSA) is 84.9 Å². The van der Waals surface area contributed by atoms with Crippen LogP contribution >= 0.6 is 0 Å². The van der Waals surface area contributed by atoms with Gasteiger partial charge in [-0.3, -0.25) is 9.59 Å². The average Bonchev–Trinajstić information content (AvgIpc) is 3.10. The van der Waals surface area contributed by atoms with E-state index in [2.05, 4.69) is 5.32 Å². The number of ether oxygens (including phenoxy) is 2. The summed E-state index contributed by atoms with van der Waals surface area (Å²) in [5.74, 6) is -2.64. The first-order chi connectivity index (χ1) is 9.16. The molecule has 6 nitrogen and oxygen atoms in total. The van der Waals surface area contributed by atoms with E-state index in [1.807, 2.05) is 0 Å². The number of carboxylic acids is 1. The summed E-state index contributed by atoms with van der Waals surface area (Å²) >= 11 is 0. The Balaban J connectivity index is 1.62. The lowest BCUT2D eigenvalue weighted by atomic mass is 9.82. The van der Waals surface area contributed by atoms with Gasteiger partial charge in [0, 0.05) is 13.2 Å².